The van der Waals surface area contributed by atoms with Crippen LogP contribution in [0.1, 0.15) is 89.0 Å². The minimum absolute atomic E-state index is 0.00186. The van der Waals surface area contributed by atoms with E-state index in [9.17, 15) is 14.4 Å². The summed E-state index contributed by atoms with van der Waals surface area (Å²) in [6.07, 6.45) is 13.7. The zero-order valence-corrected chi connectivity index (χ0v) is 22.8. The van der Waals surface area contributed by atoms with Gasteiger partial charge in [-0.05, 0) is 82.6 Å². The highest BCUT2D eigenvalue weighted by atomic mass is 16.5. The van der Waals surface area contributed by atoms with Crippen molar-refractivity contribution in [2.75, 3.05) is 26.2 Å². The minimum Gasteiger partial charge on any atom is -0.465 e. The topological polar surface area (TPSA) is 66.9 Å². The monoisotopic (exact) mass is 518 g/mol. The van der Waals surface area contributed by atoms with Gasteiger partial charge in [0.15, 0.2) is 0 Å². The quantitative estimate of drug-likeness (QED) is 0.325. The van der Waals surface area contributed by atoms with Gasteiger partial charge in [-0.1, -0.05) is 48.1 Å². The lowest BCUT2D eigenvalue weighted by Crippen LogP contribution is -2.53. The number of esters is 1. The summed E-state index contributed by atoms with van der Waals surface area (Å²) in [4.78, 5) is 44.5. The van der Waals surface area contributed by atoms with Crippen molar-refractivity contribution in [2.45, 2.75) is 83.5 Å². The maximum atomic E-state index is 13.9. The smallest absolute Gasteiger partial charge is 0.318 e. The van der Waals surface area contributed by atoms with E-state index in [0.29, 0.717) is 45.0 Å². The largest absolute Gasteiger partial charge is 0.465 e. The summed E-state index contributed by atoms with van der Waals surface area (Å²) < 4.78 is 5.56. The van der Waals surface area contributed by atoms with Crippen molar-refractivity contribution in [2.24, 2.45) is 11.3 Å². The first-order valence-corrected chi connectivity index (χ1v) is 14.7. The van der Waals surface area contributed by atoms with E-state index in [2.05, 4.69) is 36.4 Å². The Bertz CT molecular complexity index is 1090. The number of piperidine rings is 2. The molecule has 4 aliphatic rings. The molecule has 2 saturated heterocycles. The number of ether oxygens (including phenoxy) is 1. The van der Waals surface area contributed by atoms with E-state index < -0.39 is 11.3 Å². The van der Waals surface area contributed by atoms with Gasteiger partial charge in [0.2, 0.25) is 11.8 Å². The van der Waals surface area contributed by atoms with E-state index in [1.54, 1.807) is 0 Å². The Morgan fingerprint density at radius 1 is 1.05 bits per heavy atom. The molecule has 2 atom stereocenters. The maximum Gasteiger partial charge on any atom is 0.318 e. The van der Waals surface area contributed by atoms with E-state index in [-0.39, 0.29) is 24.2 Å². The molecule has 0 N–H and O–H groups in total. The first-order chi connectivity index (χ1) is 18.5. The van der Waals surface area contributed by atoms with Gasteiger partial charge < -0.3 is 14.5 Å². The molecule has 2 amide bonds. The first kappa shape index (κ1) is 26.7. The van der Waals surface area contributed by atoms with Gasteiger partial charge in [-0.3, -0.25) is 14.4 Å². The van der Waals surface area contributed by atoms with Gasteiger partial charge in [0.1, 0.15) is 5.41 Å². The lowest BCUT2D eigenvalue weighted by atomic mass is 9.71. The SMILES string of the molecule is CCOC(=O)[C@]12CCC=C1N(CCC1=CCCCC1)C(=O)[C@H](CC(=O)N1CCC(c3ccccc3)CC1)C2. The summed E-state index contributed by atoms with van der Waals surface area (Å²) in [5, 5.41) is 0. The number of carbonyl (C=O) groups is 3. The fraction of sp³-hybridized carbons (Fsp3) is 0.594. The van der Waals surface area contributed by atoms with Crippen molar-refractivity contribution in [3.05, 3.63) is 59.3 Å². The molecule has 38 heavy (non-hydrogen) atoms. The summed E-state index contributed by atoms with van der Waals surface area (Å²) in [5.74, 6) is -0.218. The second-order valence-corrected chi connectivity index (χ2v) is 11.4. The predicted molar refractivity (Wildman–Crippen MR) is 147 cm³/mol. The van der Waals surface area contributed by atoms with Crippen molar-refractivity contribution in [1.82, 2.24) is 9.80 Å². The van der Waals surface area contributed by atoms with Crippen molar-refractivity contribution in [3.8, 4) is 0 Å². The second kappa shape index (κ2) is 11.9. The third kappa shape index (κ3) is 5.45. The summed E-state index contributed by atoms with van der Waals surface area (Å²) in [5.41, 5.74) is 2.76. The van der Waals surface area contributed by atoms with Crippen molar-refractivity contribution < 1.29 is 19.1 Å². The van der Waals surface area contributed by atoms with Crippen LogP contribution in [0, 0.1) is 11.3 Å². The van der Waals surface area contributed by atoms with Gasteiger partial charge >= 0.3 is 5.97 Å². The van der Waals surface area contributed by atoms with Gasteiger partial charge in [0.25, 0.3) is 0 Å². The van der Waals surface area contributed by atoms with Gasteiger partial charge in [-0.25, -0.2) is 0 Å². The van der Waals surface area contributed by atoms with Crippen LogP contribution in [-0.2, 0) is 19.1 Å². The van der Waals surface area contributed by atoms with Crippen molar-refractivity contribution in [1.29, 1.82) is 0 Å². The third-order valence-corrected chi connectivity index (χ3v) is 9.15. The fourth-order valence-electron chi connectivity index (χ4n) is 7.06. The van der Waals surface area contributed by atoms with E-state index in [1.165, 1.54) is 24.0 Å². The Hall–Kier alpha value is -2.89. The van der Waals surface area contributed by atoms with Gasteiger partial charge in [-0.15, -0.1) is 0 Å². The normalized spacial score (nSPS) is 26.0. The van der Waals surface area contributed by atoms with Crippen LogP contribution in [0.4, 0.5) is 0 Å². The Kier molecular flexibility index (Phi) is 8.35. The number of nitrogens with zero attached hydrogens (tertiary/aromatic N) is 2. The third-order valence-electron chi connectivity index (χ3n) is 9.15. The van der Waals surface area contributed by atoms with Crippen molar-refractivity contribution in [3.63, 3.8) is 0 Å². The Morgan fingerprint density at radius 3 is 2.55 bits per heavy atom. The van der Waals surface area contributed by atoms with E-state index >= 15 is 0 Å². The lowest BCUT2D eigenvalue weighted by Gasteiger charge is -2.44. The molecule has 2 fully saturated rings. The summed E-state index contributed by atoms with van der Waals surface area (Å²) >= 11 is 0. The Labute approximate surface area is 227 Å². The molecule has 1 aromatic carbocycles. The molecule has 5 rings (SSSR count). The average Bonchev–Trinajstić information content (AvgIpc) is 3.39. The van der Waals surface area contributed by atoms with Crippen LogP contribution in [0.25, 0.3) is 0 Å². The number of amides is 2. The molecule has 0 unspecified atom stereocenters. The molecular weight excluding hydrogens is 476 g/mol. The Morgan fingerprint density at radius 2 is 1.84 bits per heavy atom. The molecule has 0 bridgehead atoms. The lowest BCUT2D eigenvalue weighted by molar-refractivity contribution is -0.161. The zero-order valence-electron chi connectivity index (χ0n) is 22.8. The van der Waals surface area contributed by atoms with Crippen LogP contribution < -0.4 is 0 Å². The second-order valence-electron chi connectivity index (χ2n) is 11.4. The molecule has 204 valence electrons. The van der Waals surface area contributed by atoms with Gasteiger partial charge in [0, 0.05) is 37.7 Å². The summed E-state index contributed by atoms with van der Waals surface area (Å²) in [7, 11) is 0. The molecule has 6 heteroatoms. The summed E-state index contributed by atoms with van der Waals surface area (Å²) in [6, 6.07) is 10.5. The fourth-order valence-corrected chi connectivity index (χ4v) is 7.06. The molecule has 0 aromatic heterocycles. The molecule has 1 aromatic rings. The highest BCUT2D eigenvalue weighted by molar-refractivity contribution is 5.92. The van der Waals surface area contributed by atoms with Crippen LogP contribution in [0.2, 0.25) is 0 Å². The highest BCUT2D eigenvalue weighted by Gasteiger charge is 2.55. The average molecular weight is 519 g/mol. The van der Waals surface area contributed by atoms with E-state index in [1.807, 2.05) is 22.8 Å². The van der Waals surface area contributed by atoms with E-state index in [0.717, 1.165) is 44.2 Å². The number of benzene rings is 1. The van der Waals surface area contributed by atoms with Crippen LogP contribution in [0.3, 0.4) is 0 Å². The molecule has 2 aliphatic heterocycles. The molecular formula is C32H42N2O4. The number of likely N-dealkylation sites (tertiary alicyclic amines) is 2. The number of fused-ring (bicyclic) bond motifs is 1. The summed E-state index contributed by atoms with van der Waals surface area (Å²) in [6.45, 7) is 4.14. The van der Waals surface area contributed by atoms with Gasteiger partial charge in [-0.2, -0.15) is 0 Å². The molecule has 0 saturated carbocycles. The zero-order chi connectivity index (χ0) is 26.5. The van der Waals surface area contributed by atoms with Gasteiger partial charge in [0.05, 0.1) is 6.61 Å². The number of hydrogen-bond donors (Lipinski definition) is 0. The van der Waals surface area contributed by atoms with Crippen LogP contribution in [0.5, 0.6) is 0 Å². The molecule has 0 radical (unpaired) electrons. The van der Waals surface area contributed by atoms with Crippen LogP contribution in [-0.4, -0.2) is 53.8 Å². The minimum atomic E-state index is -0.809. The molecule has 0 spiro atoms. The molecule has 6 nitrogen and oxygen atoms in total. The van der Waals surface area contributed by atoms with E-state index in [4.69, 9.17) is 4.74 Å². The molecule has 2 aliphatic carbocycles. The van der Waals surface area contributed by atoms with Crippen LogP contribution >= 0.6 is 0 Å². The number of allylic oxidation sites excluding steroid dienone is 2. The Balaban J connectivity index is 1.29. The van der Waals surface area contributed by atoms with Crippen molar-refractivity contribution >= 4 is 17.8 Å². The first-order valence-electron chi connectivity index (χ1n) is 14.7. The number of carbonyl (C=O) groups excluding carboxylic acids is 3. The van der Waals surface area contributed by atoms with Crippen LogP contribution in [0.15, 0.2) is 53.8 Å². The predicted octanol–water partition coefficient (Wildman–Crippen LogP) is 5.75. The number of rotatable bonds is 8. The maximum absolute atomic E-state index is 13.9. The number of hydrogen-bond acceptors (Lipinski definition) is 4. The standard InChI is InChI=1S/C32H42N2O4/c1-2-38-31(37)32-18-9-14-28(32)34(21-15-24-10-5-3-6-11-24)30(36)27(23-32)22-29(35)33-19-16-26(17-20-33)25-12-7-4-8-13-25/h4,7-8,10,12-14,26-27H,2-3,5-6,9,11,15-23H2,1H3/t27-,32+/m1/s1. The highest BCUT2D eigenvalue weighted by Crippen LogP contribution is 2.51. The molecule has 2 heterocycles.